The van der Waals surface area contributed by atoms with Crippen LogP contribution in [0, 0.1) is 0 Å². The first-order valence-electron chi connectivity index (χ1n) is 6.47. The second-order valence-electron chi connectivity index (χ2n) is 5.61. The summed E-state index contributed by atoms with van der Waals surface area (Å²) in [6, 6.07) is 5.04. The van der Waals surface area contributed by atoms with Gasteiger partial charge in [-0.1, -0.05) is 24.3 Å². The van der Waals surface area contributed by atoms with Crippen molar-refractivity contribution >= 4 is 11.9 Å². The van der Waals surface area contributed by atoms with Crippen LogP contribution in [0.15, 0.2) is 24.3 Å². The molecule has 0 spiro atoms. The van der Waals surface area contributed by atoms with Crippen LogP contribution in [0.4, 0.5) is 8.78 Å². The Kier molecular flexibility index (Phi) is 5.04. The number of hydrogen-bond donors (Lipinski definition) is 1. The molecule has 0 aromatic heterocycles. The van der Waals surface area contributed by atoms with Crippen molar-refractivity contribution in [3.63, 3.8) is 0 Å². The van der Waals surface area contributed by atoms with E-state index in [4.69, 9.17) is 4.74 Å². The maximum Gasteiger partial charge on any atom is 0.349 e. The second-order valence-corrected chi connectivity index (χ2v) is 5.61. The first-order chi connectivity index (χ1) is 9.56. The van der Waals surface area contributed by atoms with E-state index >= 15 is 0 Å². The Bertz CT molecular complexity index is 519. The van der Waals surface area contributed by atoms with Gasteiger partial charge in [0.25, 0.3) is 5.91 Å². The fraction of sp³-hybridized carbons (Fsp3) is 0.467. The molecule has 0 saturated carbocycles. The molecule has 0 radical (unpaired) electrons. The number of esters is 1. The summed E-state index contributed by atoms with van der Waals surface area (Å²) >= 11 is 0. The van der Waals surface area contributed by atoms with Crippen LogP contribution in [0.25, 0.3) is 0 Å². The van der Waals surface area contributed by atoms with Crippen LogP contribution in [0.1, 0.15) is 31.9 Å². The van der Waals surface area contributed by atoms with Gasteiger partial charge in [0.1, 0.15) is 5.60 Å². The molecule has 0 aliphatic carbocycles. The van der Waals surface area contributed by atoms with E-state index in [2.05, 4.69) is 0 Å². The number of ether oxygens (including phenoxy) is 1. The summed E-state index contributed by atoms with van der Waals surface area (Å²) in [6.07, 6.45) is -0.0108. The van der Waals surface area contributed by atoms with Crippen molar-refractivity contribution in [2.45, 2.75) is 38.7 Å². The molecule has 0 saturated heterocycles. The zero-order chi connectivity index (χ0) is 16.3. The average molecular weight is 299 g/mol. The van der Waals surface area contributed by atoms with E-state index < -0.39 is 29.0 Å². The van der Waals surface area contributed by atoms with Crippen LogP contribution in [-0.4, -0.2) is 24.5 Å². The minimum atomic E-state index is -3.60. The van der Waals surface area contributed by atoms with Gasteiger partial charge in [-0.3, -0.25) is 9.59 Å². The van der Waals surface area contributed by atoms with E-state index in [-0.39, 0.29) is 6.42 Å². The molecule has 1 aromatic rings. The number of benzene rings is 1. The molecule has 0 heterocycles. The van der Waals surface area contributed by atoms with Gasteiger partial charge in [-0.15, -0.1) is 0 Å². The van der Waals surface area contributed by atoms with Crippen LogP contribution < -0.4 is 5.32 Å². The molecule has 0 aliphatic heterocycles. The molecule has 1 N–H and O–H groups in total. The Labute approximate surface area is 122 Å². The second kappa shape index (κ2) is 6.20. The van der Waals surface area contributed by atoms with E-state index in [1.165, 1.54) is 12.1 Å². The number of carbonyl (C=O) groups excluding carboxylic acids is 2. The molecule has 0 aliphatic rings. The Morgan fingerprint density at radius 2 is 1.67 bits per heavy atom. The van der Waals surface area contributed by atoms with E-state index in [0.717, 1.165) is 19.2 Å². The van der Waals surface area contributed by atoms with Crippen molar-refractivity contribution in [1.29, 1.82) is 0 Å². The van der Waals surface area contributed by atoms with Crippen molar-refractivity contribution in [2.24, 2.45) is 0 Å². The molecule has 21 heavy (non-hydrogen) atoms. The lowest BCUT2D eigenvalue weighted by atomic mass is 10.0. The van der Waals surface area contributed by atoms with Crippen molar-refractivity contribution in [3.05, 3.63) is 35.4 Å². The average Bonchev–Trinajstić information content (AvgIpc) is 2.36. The maximum atomic E-state index is 13.7. The highest BCUT2D eigenvalue weighted by Crippen LogP contribution is 2.28. The smallest absolute Gasteiger partial charge is 0.349 e. The molecule has 1 aromatic carbocycles. The fourth-order valence-corrected chi connectivity index (χ4v) is 1.66. The van der Waals surface area contributed by atoms with Crippen LogP contribution in [0.2, 0.25) is 0 Å². The quantitative estimate of drug-likeness (QED) is 0.869. The SMILES string of the molecule is CNC(=O)C(F)(F)c1ccc(CC(=O)OC(C)(C)C)cc1. The standard InChI is InChI=1S/C15H19F2NO3/c1-14(2,3)21-12(19)9-10-5-7-11(8-6-10)15(16,17)13(20)18-4/h5-8H,9H2,1-4H3,(H,18,20). The van der Waals surface area contributed by atoms with E-state index in [1.807, 2.05) is 5.32 Å². The monoisotopic (exact) mass is 299 g/mol. The molecular formula is C15H19F2NO3. The topological polar surface area (TPSA) is 55.4 Å². The molecule has 6 heteroatoms. The van der Waals surface area contributed by atoms with E-state index in [0.29, 0.717) is 5.56 Å². The van der Waals surface area contributed by atoms with Gasteiger partial charge >= 0.3 is 11.9 Å². The van der Waals surface area contributed by atoms with Gasteiger partial charge < -0.3 is 10.1 Å². The number of halogens is 2. The molecule has 0 bridgehead atoms. The number of hydrogen-bond acceptors (Lipinski definition) is 3. The number of carbonyl (C=O) groups is 2. The molecule has 116 valence electrons. The predicted octanol–water partition coefficient (Wildman–Crippen LogP) is 2.41. The number of amides is 1. The highest BCUT2D eigenvalue weighted by Gasteiger charge is 2.39. The summed E-state index contributed by atoms with van der Waals surface area (Å²) in [5.74, 6) is -5.41. The van der Waals surface area contributed by atoms with Gasteiger partial charge in [0, 0.05) is 12.6 Å². The van der Waals surface area contributed by atoms with Crippen LogP contribution in [0.3, 0.4) is 0 Å². The normalized spacial score (nSPS) is 11.9. The summed E-state index contributed by atoms with van der Waals surface area (Å²) < 4.78 is 32.5. The van der Waals surface area contributed by atoms with Crippen molar-refractivity contribution in [3.8, 4) is 0 Å². The minimum absolute atomic E-state index is 0.0108. The Morgan fingerprint density at radius 3 is 2.10 bits per heavy atom. The molecule has 4 nitrogen and oxygen atoms in total. The summed E-state index contributed by atoms with van der Waals surface area (Å²) in [5, 5.41) is 1.91. The third-order valence-electron chi connectivity index (χ3n) is 2.60. The highest BCUT2D eigenvalue weighted by atomic mass is 19.3. The summed E-state index contributed by atoms with van der Waals surface area (Å²) in [5.41, 5.74) is -0.473. The number of nitrogens with one attached hydrogen (secondary N) is 1. The van der Waals surface area contributed by atoms with Crippen LogP contribution in [0.5, 0.6) is 0 Å². The molecular weight excluding hydrogens is 280 g/mol. The molecule has 1 amide bonds. The van der Waals surface area contributed by atoms with Gasteiger partial charge in [0.05, 0.1) is 6.42 Å². The lowest BCUT2D eigenvalue weighted by Gasteiger charge is -2.19. The minimum Gasteiger partial charge on any atom is -0.460 e. The summed E-state index contributed by atoms with van der Waals surface area (Å²) in [6.45, 7) is 5.24. The first-order valence-corrected chi connectivity index (χ1v) is 6.47. The Morgan fingerprint density at radius 1 is 1.14 bits per heavy atom. The Hall–Kier alpha value is -1.98. The first kappa shape index (κ1) is 17.1. The summed E-state index contributed by atoms with van der Waals surface area (Å²) in [4.78, 5) is 22.7. The van der Waals surface area contributed by atoms with E-state index in [9.17, 15) is 18.4 Å². The number of rotatable bonds is 4. The van der Waals surface area contributed by atoms with Crippen molar-refractivity contribution < 1.29 is 23.1 Å². The largest absolute Gasteiger partial charge is 0.460 e. The molecule has 0 fully saturated rings. The third kappa shape index (κ3) is 4.81. The van der Waals surface area contributed by atoms with Gasteiger partial charge in [-0.05, 0) is 26.3 Å². The molecule has 0 unspecified atom stereocenters. The van der Waals surface area contributed by atoms with Gasteiger partial charge in [0.15, 0.2) is 0 Å². The predicted molar refractivity (Wildman–Crippen MR) is 74.0 cm³/mol. The van der Waals surface area contributed by atoms with Gasteiger partial charge in [-0.2, -0.15) is 8.78 Å². The molecule has 0 atom stereocenters. The lowest BCUT2D eigenvalue weighted by Crippen LogP contribution is -2.35. The summed E-state index contributed by atoms with van der Waals surface area (Å²) in [7, 11) is 1.15. The molecule has 1 rings (SSSR count). The number of alkyl halides is 2. The van der Waals surface area contributed by atoms with Gasteiger partial charge in [0.2, 0.25) is 0 Å². The zero-order valence-electron chi connectivity index (χ0n) is 12.5. The fourth-order valence-electron chi connectivity index (χ4n) is 1.66. The number of likely N-dealkylation sites (N-methyl/N-ethyl adjacent to an activating group) is 1. The third-order valence-corrected chi connectivity index (χ3v) is 2.60. The highest BCUT2D eigenvalue weighted by molar-refractivity contribution is 5.84. The lowest BCUT2D eigenvalue weighted by molar-refractivity contribution is -0.154. The van der Waals surface area contributed by atoms with Crippen LogP contribution >= 0.6 is 0 Å². The zero-order valence-corrected chi connectivity index (χ0v) is 12.5. The van der Waals surface area contributed by atoms with Crippen molar-refractivity contribution in [2.75, 3.05) is 7.05 Å². The van der Waals surface area contributed by atoms with E-state index in [1.54, 1.807) is 20.8 Å². The maximum absolute atomic E-state index is 13.7. The van der Waals surface area contributed by atoms with Crippen molar-refractivity contribution in [1.82, 2.24) is 5.32 Å². The van der Waals surface area contributed by atoms with Crippen LogP contribution in [-0.2, 0) is 26.7 Å². The Balaban J connectivity index is 2.79. The van der Waals surface area contributed by atoms with Gasteiger partial charge in [-0.25, -0.2) is 0 Å².